The Morgan fingerprint density at radius 2 is 2.25 bits per heavy atom. The van der Waals surface area contributed by atoms with E-state index in [1.165, 1.54) is 12.1 Å². The molecular weight excluding hydrogens is 231 g/mol. The molecule has 3 nitrogen and oxygen atoms in total. The number of carbonyl (C=O) groups excluding carboxylic acids is 1. The number of terminal acetylenes is 1. The molecule has 0 atom stereocenters. The highest BCUT2D eigenvalue weighted by Gasteiger charge is 2.02. The summed E-state index contributed by atoms with van der Waals surface area (Å²) in [7, 11) is 0. The minimum atomic E-state index is -0.484. The van der Waals surface area contributed by atoms with Gasteiger partial charge in [-0.15, -0.1) is 6.42 Å². The van der Waals surface area contributed by atoms with E-state index in [1.807, 2.05) is 0 Å². The Morgan fingerprint density at radius 3 is 2.88 bits per heavy atom. The van der Waals surface area contributed by atoms with Crippen LogP contribution in [0.1, 0.15) is 5.56 Å². The van der Waals surface area contributed by atoms with E-state index in [9.17, 15) is 9.18 Å². The predicted molar refractivity (Wildman–Crippen MR) is 60.5 cm³/mol. The van der Waals surface area contributed by atoms with Gasteiger partial charge in [0.05, 0.1) is 11.6 Å². The molecule has 1 rings (SSSR count). The van der Waals surface area contributed by atoms with Crippen molar-refractivity contribution in [2.75, 3.05) is 6.54 Å². The van der Waals surface area contributed by atoms with E-state index in [0.29, 0.717) is 5.56 Å². The molecule has 0 saturated heterocycles. The van der Waals surface area contributed by atoms with Gasteiger partial charge in [-0.3, -0.25) is 0 Å². The van der Waals surface area contributed by atoms with Gasteiger partial charge in [0, 0.05) is 6.54 Å². The lowest BCUT2D eigenvalue weighted by atomic mass is 10.2. The van der Waals surface area contributed by atoms with Crippen LogP contribution in [0.4, 0.5) is 9.18 Å². The van der Waals surface area contributed by atoms with Crippen molar-refractivity contribution in [2.24, 2.45) is 0 Å². The molecule has 0 heterocycles. The lowest BCUT2D eigenvalue weighted by Crippen LogP contribution is -2.35. The Labute approximate surface area is 98.0 Å². The van der Waals surface area contributed by atoms with Crippen LogP contribution in [-0.2, 0) is 6.54 Å². The van der Waals surface area contributed by atoms with Gasteiger partial charge >= 0.3 is 6.03 Å². The fourth-order valence-electron chi connectivity index (χ4n) is 1.03. The second-order valence-electron chi connectivity index (χ2n) is 2.99. The van der Waals surface area contributed by atoms with E-state index >= 15 is 0 Å². The van der Waals surface area contributed by atoms with Gasteiger partial charge < -0.3 is 10.6 Å². The monoisotopic (exact) mass is 240 g/mol. The Hall–Kier alpha value is -1.73. The van der Waals surface area contributed by atoms with Gasteiger partial charge in [-0.05, 0) is 17.7 Å². The van der Waals surface area contributed by atoms with Crippen molar-refractivity contribution in [3.63, 3.8) is 0 Å². The summed E-state index contributed by atoms with van der Waals surface area (Å²) >= 11 is 5.58. The van der Waals surface area contributed by atoms with Gasteiger partial charge in [0.1, 0.15) is 5.82 Å². The summed E-state index contributed by atoms with van der Waals surface area (Å²) in [5.74, 6) is 1.79. The minimum absolute atomic E-state index is 0.0309. The molecular formula is C11H10ClFN2O. The maximum Gasteiger partial charge on any atom is 0.315 e. The topological polar surface area (TPSA) is 41.1 Å². The highest BCUT2D eigenvalue weighted by atomic mass is 35.5. The lowest BCUT2D eigenvalue weighted by molar-refractivity contribution is 0.241. The molecule has 84 valence electrons. The van der Waals surface area contributed by atoms with Crippen molar-refractivity contribution in [3.8, 4) is 12.3 Å². The quantitative estimate of drug-likeness (QED) is 0.779. The zero-order valence-corrected chi connectivity index (χ0v) is 9.14. The summed E-state index contributed by atoms with van der Waals surface area (Å²) < 4.78 is 12.8. The fraction of sp³-hybridized carbons (Fsp3) is 0.182. The van der Waals surface area contributed by atoms with Crippen molar-refractivity contribution in [1.29, 1.82) is 0 Å². The van der Waals surface area contributed by atoms with Gasteiger partial charge in [-0.1, -0.05) is 23.6 Å². The molecule has 0 saturated carbocycles. The van der Waals surface area contributed by atoms with E-state index < -0.39 is 5.82 Å². The minimum Gasteiger partial charge on any atom is -0.334 e. The third-order valence-corrected chi connectivity index (χ3v) is 2.08. The maximum atomic E-state index is 12.8. The molecule has 0 bridgehead atoms. The number of nitrogens with one attached hydrogen (secondary N) is 2. The SMILES string of the molecule is C#CCNC(=O)NCc1ccc(F)c(Cl)c1. The normalized spacial score (nSPS) is 9.31. The molecule has 0 aliphatic carbocycles. The summed E-state index contributed by atoms with van der Waals surface area (Å²) in [4.78, 5) is 11.1. The van der Waals surface area contributed by atoms with Crippen LogP contribution < -0.4 is 10.6 Å². The molecule has 0 spiro atoms. The molecule has 2 amide bonds. The van der Waals surface area contributed by atoms with E-state index in [4.69, 9.17) is 18.0 Å². The first-order chi connectivity index (χ1) is 7.63. The third-order valence-electron chi connectivity index (χ3n) is 1.79. The zero-order valence-electron chi connectivity index (χ0n) is 8.39. The summed E-state index contributed by atoms with van der Waals surface area (Å²) in [6.07, 6.45) is 4.97. The zero-order chi connectivity index (χ0) is 12.0. The Kier molecular flexibility index (Phi) is 4.62. The van der Waals surface area contributed by atoms with Crippen LogP contribution in [0.5, 0.6) is 0 Å². The first-order valence-electron chi connectivity index (χ1n) is 4.52. The average molecular weight is 241 g/mol. The van der Waals surface area contributed by atoms with E-state index in [0.717, 1.165) is 0 Å². The van der Waals surface area contributed by atoms with E-state index in [1.54, 1.807) is 6.07 Å². The second kappa shape index (κ2) is 5.99. The molecule has 2 N–H and O–H groups in total. The highest BCUT2D eigenvalue weighted by molar-refractivity contribution is 6.30. The van der Waals surface area contributed by atoms with Gasteiger partial charge in [0.2, 0.25) is 0 Å². The number of rotatable bonds is 3. The van der Waals surface area contributed by atoms with Crippen molar-refractivity contribution in [1.82, 2.24) is 10.6 Å². The molecule has 0 aliphatic rings. The molecule has 0 aliphatic heterocycles. The first-order valence-corrected chi connectivity index (χ1v) is 4.90. The van der Waals surface area contributed by atoms with E-state index in [-0.39, 0.29) is 24.1 Å². The number of hydrogen-bond donors (Lipinski definition) is 2. The Morgan fingerprint density at radius 1 is 1.50 bits per heavy atom. The largest absolute Gasteiger partial charge is 0.334 e. The Balaban J connectivity index is 2.46. The van der Waals surface area contributed by atoms with Crippen LogP contribution in [-0.4, -0.2) is 12.6 Å². The number of carbonyl (C=O) groups is 1. The molecule has 5 heteroatoms. The van der Waals surface area contributed by atoms with Crippen LogP contribution in [0.15, 0.2) is 18.2 Å². The first kappa shape index (κ1) is 12.3. The maximum absolute atomic E-state index is 12.8. The average Bonchev–Trinajstić information content (AvgIpc) is 2.28. The number of halogens is 2. The molecule has 16 heavy (non-hydrogen) atoms. The van der Waals surface area contributed by atoms with Crippen molar-refractivity contribution in [2.45, 2.75) is 6.54 Å². The summed E-state index contributed by atoms with van der Waals surface area (Å²) in [5, 5.41) is 5.02. The molecule has 0 radical (unpaired) electrons. The van der Waals surface area contributed by atoms with Gasteiger partial charge in [-0.2, -0.15) is 0 Å². The van der Waals surface area contributed by atoms with Crippen LogP contribution in [0.2, 0.25) is 5.02 Å². The van der Waals surface area contributed by atoms with Gasteiger partial charge in [-0.25, -0.2) is 9.18 Å². The number of hydrogen-bond acceptors (Lipinski definition) is 1. The Bertz CT molecular complexity index is 428. The molecule has 1 aromatic carbocycles. The van der Waals surface area contributed by atoms with Crippen LogP contribution in [0, 0.1) is 18.2 Å². The summed E-state index contributed by atoms with van der Waals surface area (Å²) in [6.45, 7) is 0.423. The fourth-order valence-corrected chi connectivity index (χ4v) is 1.23. The van der Waals surface area contributed by atoms with Crippen molar-refractivity contribution in [3.05, 3.63) is 34.6 Å². The van der Waals surface area contributed by atoms with Crippen molar-refractivity contribution < 1.29 is 9.18 Å². The van der Waals surface area contributed by atoms with Crippen LogP contribution in [0.25, 0.3) is 0 Å². The van der Waals surface area contributed by atoms with Gasteiger partial charge in [0.25, 0.3) is 0 Å². The molecule has 1 aromatic rings. The molecule has 0 fully saturated rings. The third kappa shape index (κ3) is 3.79. The second-order valence-corrected chi connectivity index (χ2v) is 3.40. The number of urea groups is 1. The number of benzene rings is 1. The van der Waals surface area contributed by atoms with E-state index in [2.05, 4.69) is 16.6 Å². The van der Waals surface area contributed by atoms with Crippen LogP contribution in [0.3, 0.4) is 0 Å². The molecule has 0 aromatic heterocycles. The van der Waals surface area contributed by atoms with Crippen molar-refractivity contribution >= 4 is 17.6 Å². The molecule has 0 unspecified atom stereocenters. The van der Waals surface area contributed by atoms with Gasteiger partial charge in [0.15, 0.2) is 0 Å². The van der Waals surface area contributed by atoms with Crippen LogP contribution >= 0.6 is 11.6 Å². The lowest BCUT2D eigenvalue weighted by Gasteiger charge is -2.06. The predicted octanol–water partition coefficient (Wildman–Crippen LogP) is 1.91. The number of amides is 2. The summed E-state index contributed by atoms with van der Waals surface area (Å²) in [5.41, 5.74) is 0.710. The standard InChI is InChI=1S/C11H10ClFN2O/c1-2-5-14-11(16)15-7-8-3-4-10(13)9(12)6-8/h1,3-4,6H,5,7H2,(H2,14,15,16). The highest BCUT2D eigenvalue weighted by Crippen LogP contribution is 2.15. The summed E-state index contributed by atoms with van der Waals surface area (Å²) in [6, 6.07) is 3.87. The smallest absolute Gasteiger partial charge is 0.315 e.